The number of amides is 2. The number of hydrogen-bond donors (Lipinski definition) is 2. The van der Waals surface area contributed by atoms with E-state index < -0.39 is 0 Å². The Morgan fingerprint density at radius 3 is 2.38 bits per heavy atom. The summed E-state index contributed by atoms with van der Waals surface area (Å²) in [5.41, 5.74) is 1.97. The van der Waals surface area contributed by atoms with Crippen LogP contribution < -0.4 is 10.6 Å². The van der Waals surface area contributed by atoms with Crippen molar-refractivity contribution in [2.45, 2.75) is 19.4 Å². The van der Waals surface area contributed by atoms with Crippen molar-refractivity contribution < 1.29 is 9.59 Å². The van der Waals surface area contributed by atoms with Crippen molar-refractivity contribution in [3.63, 3.8) is 0 Å². The van der Waals surface area contributed by atoms with E-state index in [2.05, 4.69) is 10.6 Å². The van der Waals surface area contributed by atoms with Gasteiger partial charge in [-0.25, -0.2) is 0 Å². The highest BCUT2D eigenvalue weighted by Crippen LogP contribution is 2.29. The largest absolute Gasteiger partial charge is 0.352 e. The minimum Gasteiger partial charge on any atom is -0.352 e. The minimum absolute atomic E-state index is 0.106. The second-order valence-electron chi connectivity index (χ2n) is 5.77. The quantitative estimate of drug-likeness (QED) is 0.834. The normalized spacial score (nSPS) is 13.4. The Kier molecular flexibility index (Phi) is 5.07. The van der Waals surface area contributed by atoms with E-state index in [4.69, 9.17) is 23.2 Å². The molecule has 2 amide bonds. The molecule has 0 unspecified atom stereocenters. The molecule has 24 heavy (non-hydrogen) atoms. The summed E-state index contributed by atoms with van der Waals surface area (Å²) in [7, 11) is 0. The van der Waals surface area contributed by atoms with E-state index in [-0.39, 0.29) is 17.7 Å². The molecule has 0 spiro atoms. The molecular formula is C18H16Cl2N2O2. The molecule has 4 nitrogen and oxygen atoms in total. The summed E-state index contributed by atoms with van der Waals surface area (Å²) in [5.74, 6) is 0.0427. The molecule has 2 aromatic carbocycles. The van der Waals surface area contributed by atoms with Gasteiger partial charge in [-0.3, -0.25) is 9.59 Å². The number of anilines is 1. The summed E-state index contributed by atoms with van der Waals surface area (Å²) in [6, 6.07) is 12.0. The van der Waals surface area contributed by atoms with Crippen LogP contribution in [0.3, 0.4) is 0 Å². The lowest BCUT2D eigenvalue weighted by molar-refractivity contribution is -0.122. The first kappa shape index (κ1) is 16.8. The van der Waals surface area contributed by atoms with Gasteiger partial charge in [0.25, 0.3) is 5.91 Å². The zero-order chi connectivity index (χ0) is 17.1. The number of halogens is 2. The molecule has 6 heteroatoms. The summed E-state index contributed by atoms with van der Waals surface area (Å²) in [6.07, 6.45) is 1.97. The lowest BCUT2D eigenvalue weighted by atomic mass is 10.1. The van der Waals surface area contributed by atoms with E-state index >= 15 is 0 Å². The van der Waals surface area contributed by atoms with Gasteiger partial charge >= 0.3 is 0 Å². The summed E-state index contributed by atoms with van der Waals surface area (Å²) in [5, 5.41) is 6.53. The second kappa shape index (κ2) is 7.24. The highest BCUT2D eigenvalue weighted by atomic mass is 35.5. The first-order chi connectivity index (χ1) is 11.5. The number of carbonyl (C=O) groups excluding carboxylic acids is 2. The molecule has 0 radical (unpaired) electrons. The van der Waals surface area contributed by atoms with Gasteiger partial charge in [-0.1, -0.05) is 35.3 Å². The van der Waals surface area contributed by atoms with Gasteiger partial charge in [-0.05, 0) is 48.7 Å². The standard InChI is InChI=1S/C18H16Cl2N2O2/c19-14-7-8-16(15(20)9-14)22-18(24)13-3-1-11(2-4-13)10-21-17(23)12-5-6-12/h1-4,7-9,12H,5-6,10H2,(H,21,23)(H,22,24). The summed E-state index contributed by atoms with van der Waals surface area (Å²) in [6.45, 7) is 0.472. The molecule has 2 aromatic rings. The van der Waals surface area contributed by atoms with E-state index in [1.165, 1.54) is 0 Å². The van der Waals surface area contributed by atoms with Crippen molar-refractivity contribution in [1.29, 1.82) is 0 Å². The minimum atomic E-state index is -0.257. The molecule has 1 saturated carbocycles. The van der Waals surface area contributed by atoms with Crippen LogP contribution in [0, 0.1) is 5.92 Å². The van der Waals surface area contributed by atoms with E-state index in [0.717, 1.165) is 18.4 Å². The fourth-order valence-electron chi connectivity index (χ4n) is 2.24. The van der Waals surface area contributed by atoms with Gasteiger partial charge in [-0.15, -0.1) is 0 Å². The van der Waals surface area contributed by atoms with Gasteiger partial charge in [0.2, 0.25) is 5.91 Å². The summed E-state index contributed by atoms with van der Waals surface area (Å²) >= 11 is 11.9. The summed E-state index contributed by atoms with van der Waals surface area (Å²) in [4.78, 5) is 23.9. The van der Waals surface area contributed by atoms with Gasteiger partial charge in [0, 0.05) is 23.0 Å². The molecule has 0 aromatic heterocycles. The van der Waals surface area contributed by atoms with Crippen LogP contribution >= 0.6 is 23.2 Å². The van der Waals surface area contributed by atoms with Gasteiger partial charge in [0.05, 0.1) is 10.7 Å². The molecule has 0 bridgehead atoms. The first-order valence-corrected chi connectivity index (χ1v) is 8.41. The number of benzene rings is 2. The molecule has 0 atom stereocenters. The number of hydrogen-bond acceptors (Lipinski definition) is 2. The van der Waals surface area contributed by atoms with Crippen LogP contribution in [0.2, 0.25) is 10.0 Å². The molecule has 3 rings (SSSR count). The zero-order valence-electron chi connectivity index (χ0n) is 12.8. The van der Waals surface area contributed by atoms with Crippen LogP contribution in [0.5, 0.6) is 0 Å². The molecule has 0 aliphatic heterocycles. The Bertz CT molecular complexity index is 771. The summed E-state index contributed by atoms with van der Waals surface area (Å²) < 4.78 is 0. The third-order valence-corrected chi connectivity index (χ3v) is 4.36. The lowest BCUT2D eigenvalue weighted by Crippen LogP contribution is -2.24. The maximum absolute atomic E-state index is 12.3. The van der Waals surface area contributed by atoms with Crippen molar-refractivity contribution in [3.05, 3.63) is 63.6 Å². The maximum Gasteiger partial charge on any atom is 0.255 e. The molecular weight excluding hydrogens is 347 g/mol. The SMILES string of the molecule is O=C(Nc1ccc(Cl)cc1Cl)c1ccc(CNC(=O)C2CC2)cc1. The zero-order valence-corrected chi connectivity index (χ0v) is 14.3. The first-order valence-electron chi connectivity index (χ1n) is 7.66. The number of nitrogens with one attached hydrogen (secondary N) is 2. The predicted octanol–water partition coefficient (Wildman–Crippen LogP) is 4.27. The van der Waals surface area contributed by atoms with Gasteiger partial charge in [0.15, 0.2) is 0 Å². The van der Waals surface area contributed by atoms with Gasteiger partial charge in [0.1, 0.15) is 0 Å². The Morgan fingerprint density at radius 1 is 1.04 bits per heavy atom. The van der Waals surface area contributed by atoms with Crippen LogP contribution in [0.1, 0.15) is 28.8 Å². The number of carbonyl (C=O) groups is 2. The molecule has 124 valence electrons. The molecule has 1 fully saturated rings. The Morgan fingerprint density at radius 2 is 1.75 bits per heavy atom. The van der Waals surface area contributed by atoms with Crippen LogP contribution in [0.4, 0.5) is 5.69 Å². The van der Waals surface area contributed by atoms with Crippen molar-refractivity contribution in [3.8, 4) is 0 Å². The Hall–Kier alpha value is -2.04. The average molecular weight is 363 g/mol. The molecule has 2 N–H and O–H groups in total. The highest BCUT2D eigenvalue weighted by Gasteiger charge is 2.29. The van der Waals surface area contributed by atoms with Crippen LogP contribution in [0.15, 0.2) is 42.5 Å². The third-order valence-electron chi connectivity index (χ3n) is 3.81. The topological polar surface area (TPSA) is 58.2 Å². The van der Waals surface area contributed by atoms with Crippen LogP contribution in [-0.4, -0.2) is 11.8 Å². The van der Waals surface area contributed by atoms with Crippen LogP contribution in [0.25, 0.3) is 0 Å². The second-order valence-corrected chi connectivity index (χ2v) is 6.61. The fourth-order valence-corrected chi connectivity index (χ4v) is 2.69. The lowest BCUT2D eigenvalue weighted by Gasteiger charge is -2.09. The van der Waals surface area contributed by atoms with E-state index in [0.29, 0.717) is 27.8 Å². The fraction of sp³-hybridized carbons (Fsp3) is 0.222. The van der Waals surface area contributed by atoms with Crippen LogP contribution in [-0.2, 0) is 11.3 Å². The highest BCUT2D eigenvalue weighted by molar-refractivity contribution is 6.36. The molecule has 0 heterocycles. The van der Waals surface area contributed by atoms with Crippen molar-refractivity contribution in [2.24, 2.45) is 5.92 Å². The van der Waals surface area contributed by atoms with Crippen molar-refractivity contribution >= 4 is 40.7 Å². The average Bonchev–Trinajstić information content (AvgIpc) is 3.40. The molecule has 0 saturated heterocycles. The van der Waals surface area contributed by atoms with Crippen molar-refractivity contribution in [1.82, 2.24) is 5.32 Å². The van der Waals surface area contributed by atoms with Gasteiger partial charge in [-0.2, -0.15) is 0 Å². The maximum atomic E-state index is 12.3. The smallest absolute Gasteiger partial charge is 0.255 e. The predicted molar refractivity (Wildman–Crippen MR) is 95.4 cm³/mol. The van der Waals surface area contributed by atoms with Crippen molar-refractivity contribution in [2.75, 3.05) is 5.32 Å². The monoisotopic (exact) mass is 362 g/mol. The Balaban J connectivity index is 1.59. The molecule has 1 aliphatic rings. The van der Waals surface area contributed by atoms with E-state index in [1.54, 1.807) is 30.3 Å². The number of rotatable bonds is 5. The van der Waals surface area contributed by atoms with Gasteiger partial charge < -0.3 is 10.6 Å². The van der Waals surface area contributed by atoms with E-state index in [9.17, 15) is 9.59 Å². The van der Waals surface area contributed by atoms with E-state index in [1.807, 2.05) is 12.1 Å². The Labute approximate surface area is 150 Å². The third kappa shape index (κ3) is 4.28. The molecule has 1 aliphatic carbocycles.